The SMILES string of the molecule is O=P1(OP2(=O)OOC(CCCl)(CCCl)C(CCCl)(CCCl)O2)OCCO1. The summed E-state index contributed by atoms with van der Waals surface area (Å²) in [4.78, 5) is 5.51. The summed E-state index contributed by atoms with van der Waals surface area (Å²) in [5.74, 6) is 0.645. The highest BCUT2D eigenvalue weighted by molar-refractivity contribution is 7.62. The first-order valence-corrected chi connectivity index (χ1v) is 12.9. The minimum absolute atomic E-state index is 0.0229. The first-order chi connectivity index (χ1) is 12.3. The number of phosphoric ester groups is 1. The van der Waals surface area contributed by atoms with Crippen molar-refractivity contribution in [2.45, 2.75) is 36.9 Å². The molecule has 0 radical (unpaired) electrons. The Hall–Kier alpha value is 1.38. The van der Waals surface area contributed by atoms with Gasteiger partial charge in [-0.25, -0.2) is 14.0 Å². The van der Waals surface area contributed by atoms with E-state index in [2.05, 4.69) is 0 Å². The van der Waals surface area contributed by atoms with Crippen LogP contribution in [0.15, 0.2) is 0 Å². The maximum Gasteiger partial charge on any atom is 0.511 e. The van der Waals surface area contributed by atoms with Gasteiger partial charge in [-0.05, 0) is 25.7 Å². The Morgan fingerprint density at radius 3 is 1.69 bits per heavy atom. The van der Waals surface area contributed by atoms with E-state index in [1.165, 1.54) is 0 Å². The minimum Gasteiger partial charge on any atom is -0.284 e. The van der Waals surface area contributed by atoms with E-state index in [0.717, 1.165) is 0 Å². The van der Waals surface area contributed by atoms with Gasteiger partial charge >= 0.3 is 15.6 Å². The quantitative estimate of drug-likeness (QED) is 0.231. The van der Waals surface area contributed by atoms with Gasteiger partial charge < -0.3 is 0 Å². The van der Waals surface area contributed by atoms with Crippen molar-refractivity contribution in [1.82, 2.24) is 0 Å². The molecule has 26 heavy (non-hydrogen) atoms. The van der Waals surface area contributed by atoms with Crippen LogP contribution < -0.4 is 0 Å². The topological polar surface area (TPSA) is 89.5 Å². The van der Waals surface area contributed by atoms with Gasteiger partial charge in [-0.1, -0.05) is 0 Å². The number of hydrogen-bond donors (Lipinski definition) is 0. The smallest absolute Gasteiger partial charge is 0.284 e. The zero-order valence-corrected chi connectivity index (χ0v) is 18.6. The van der Waals surface area contributed by atoms with Crippen molar-refractivity contribution in [3.8, 4) is 0 Å². The Labute approximate surface area is 172 Å². The molecule has 0 aromatic carbocycles. The number of rotatable bonds is 10. The molecule has 154 valence electrons. The molecule has 1 unspecified atom stereocenters. The Kier molecular flexibility index (Phi) is 9.03. The Balaban J connectivity index is 2.37. The van der Waals surface area contributed by atoms with Crippen LogP contribution in [0.2, 0.25) is 0 Å². The molecule has 0 aromatic heterocycles. The molecule has 1 atom stereocenters. The van der Waals surface area contributed by atoms with Crippen LogP contribution in [-0.4, -0.2) is 47.9 Å². The number of halogens is 4. The van der Waals surface area contributed by atoms with Gasteiger partial charge in [0, 0.05) is 23.5 Å². The zero-order valence-electron chi connectivity index (χ0n) is 13.7. The third kappa shape index (κ3) is 5.10. The van der Waals surface area contributed by atoms with Gasteiger partial charge in [0.15, 0.2) is 0 Å². The third-order valence-electron chi connectivity index (χ3n) is 4.18. The largest absolute Gasteiger partial charge is 0.511 e. The first kappa shape index (κ1) is 23.7. The summed E-state index contributed by atoms with van der Waals surface area (Å²) in [7, 11) is -8.56. The predicted molar refractivity (Wildman–Crippen MR) is 98.3 cm³/mol. The Bertz CT molecular complexity index is 543. The van der Waals surface area contributed by atoms with Crippen LogP contribution in [0.3, 0.4) is 0 Å². The Morgan fingerprint density at radius 1 is 0.769 bits per heavy atom. The maximum absolute atomic E-state index is 13.0. The van der Waals surface area contributed by atoms with E-state index < -0.39 is 26.8 Å². The first-order valence-electron chi connectivity index (χ1n) is 7.85. The second-order valence-electron chi connectivity index (χ2n) is 5.64. The molecule has 2 fully saturated rings. The average molecular weight is 496 g/mol. The molecular formula is C12H20Cl4O8P2. The van der Waals surface area contributed by atoms with E-state index in [1.54, 1.807) is 0 Å². The molecule has 0 bridgehead atoms. The fraction of sp³-hybridized carbons (Fsp3) is 1.00. The summed E-state index contributed by atoms with van der Waals surface area (Å²) in [5, 5.41) is 0. The monoisotopic (exact) mass is 494 g/mol. The fourth-order valence-electron chi connectivity index (χ4n) is 2.99. The minimum atomic E-state index is -4.48. The maximum atomic E-state index is 13.0. The zero-order chi connectivity index (χ0) is 19.3. The van der Waals surface area contributed by atoms with Gasteiger partial charge in [-0.3, -0.25) is 13.6 Å². The molecule has 2 aliphatic heterocycles. The van der Waals surface area contributed by atoms with Crippen molar-refractivity contribution < 1.29 is 36.6 Å². The molecule has 2 heterocycles. The van der Waals surface area contributed by atoms with Gasteiger partial charge in [0.2, 0.25) is 0 Å². The van der Waals surface area contributed by atoms with E-state index in [4.69, 9.17) is 73.8 Å². The van der Waals surface area contributed by atoms with Gasteiger partial charge in [-0.2, -0.15) is 4.31 Å². The van der Waals surface area contributed by atoms with Crippen LogP contribution in [0.4, 0.5) is 0 Å². The average Bonchev–Trinajstić information content (AvgIpc) is 2.98. The number of alkyl halides is 4. The molecule has 0 aliphatic carbocycles. The molecule has 8 nitrogen and oxygen atoms in total. The summed E-state index contributed by atoms with van der Waals surface area (Å²) in [6.45, 7) is 0.0458. The number of hydrogen-bond acceptors (Lipinski definition) is 8. The van der Waals surface area contributed by atoms with Gasteiger partial charge in [0.1, 0.15) is 11.2 Å². The van der Waals surface area contributed by atoms with Crippen LogP contribution in [0.1, 0.15) is 25.7 Å². The van der Waals surface area contributed by atoms with Crippen LogP contribution in [0.25, 0.3) is 0 Å². The molecular weight excluding hydrogens is 476 g/mol. The van der Waals surface area contributed by atoms with E-state index in [9.17, 15) is 9.13 Å². The molecule has 0 spiro atoms. The highest BCUT2D eigenvalue weighted by Gasteiger charge is 2.63. The van der Waals surface area contributed by atoms with Gasteiger partial charge in [0.05, 0.1) is 13.2 Å². The van der Waals surface area contributed by atoms with E-state index in [1.807, 2.05) is 0 Å². The van der Waals surface area contributed by atoms with Crippen molar-refractivity contribution in [3.05, 3.63) is 0 Å². The second-order valence-corrected chi connectivity index (χ2v) is 10.4. The van der Waals surface area contributed by atoms with Crippen molar-refractivity contribution >= 4 is 62.0 Å². The van der Waals surface area contributed by atoms with Crippen molar-refractivity contribution in [1.29, 1.82) is 0 Å². The van der Waals surface area contributed by atoms with Crippen LogP contribution in [0, 0.1) is 0 Å². The predicted octanol–water partition coefficient (Wildman–Crippen LogP) is 5.24. The lowest BCUT2D eigenvalue weighted by Crippen LogP contribution is -2.60. The van der Waals surface area contributed by atoms with E-state index >= 15 is 0 Å². The van der Waals surface area contributed by atoms with Gasteiger partial charge in [0.25, 0.3) is 0 Å². The van der Waals surface area contributed by atoms with Crippen molar-refractivity contribution in [2.75, 3.05) is 36.7 Å². The summed E-state index contributed by atoms with van der Waals surface area (Å²) in [6.07, 6.45) is 0.912. The summed E-state index contributed by atoms with van der Waals surface area (Å²) in [5.41, 5.74) is -2.45. The molecule has 2 rings (SSSR count). The highest BCUT2D eigenvalue weighted by atomic mass is 35.5. The lowest BCUT2D eigenvalue weighted by atomic mass is 9.75. The van der Waals surface area contributed by atoms with Crippen molar-refractivity contribution in [3.63, 3.8) is 0 Å². The van der Waals surface area contributed by atoms with Gasteiger partial charge in [-0.15, -0.1) is 51.1 Å². The molecule has 0 aromatic rings. The lowest BCUT2D eigenvalue weighted by molar-refractivity contribution is -0.379. The normalized spacial score (nSPS) is 29.7. The molecule has 0 amide bonds. The second kappa shape index (κ2) is 9.92. The highest BCUT2D eigenvalue weighted by Crippen LogP contribution is 2.72. The van der Waals surface area contributed by atoms with E-state index in [-0.39, 0.29) is 62.4 Å². The molecule has 0 N–H and O–H groups in total. The lowest BCUT2D eigenvalue weighted by Gasteiger charge is -2.52. The van der Waals surface area contributed by atoms with E-state index in [0.29, 0.717) is 0 Å². The third-order valence-corrected chi connectivity index (χ3v) is 8.36. The Morgan fingerprint density at radius 2 is 1.23 bits per heavy atom. The van der Waals surface area contributed by atoms with Crippen molar-refractivity contribution in [2.24, 2.45) is 0 Å². The summed E-state index contributed by atoms with van der Waals surface area (Å²) in [6, 6.07) is 0. The number of phosphoric acid groups is 2. The fourth-order valence-corrected chi connectivity index (χ4v) is 7.52. The van der Waals surface area contributed by atoms with Crippen LogP contribution >= 0.6 is 62.0 Å². The molecule has 2 aliphatic rings. The standard InChI is InChI=1S/C12H20Cl4O8P2/c13-5-1-11(2-6-14)12(3-7-15,4-8-16)22-26(18,23-21-11)24-25(17)19-9-10-20-25/h1-10H2. The summed E-state index contributed by atoms with van der Waals surface area (Å²) < 4.78 is 50.7. The molecule has 14 heteroatoms. The van der Waals surface area contributed by atoms with Crippen LogP contribution in [0.5, 0.6) is 0 Å². The molecule has 0 saturated carbocycles. The summed E-state index contributed by atoms with van der Waals surface area (Å²) >= 11 is 23.8. The van der Waals surface area contributed by atoms with Crippen LogP contribution in [-0.2, 0) is 36.6 Å². The molecule has 2 saturated heterocycles.